The van der Waals surface area contributed by atoms with Crippen LogP contribution in [0.2, 0.25) is 0 Å². The maximum Gasteiger partial charge on any atom is 0.416 e. The molecule has 0 spiro atoms. The van der Waals surface area contributed by atoms with Crippen molar-refractivity contribution in [1.82, 2.24) is 19.7 Å². The maximum atomic E-state index is 13.1. The molecule has 0 radical (unpaired) electrons. The maximum absolute atomic E-state index is 13.1. The highest BCUT2D eigenvalue weighted by Crippen LogP contribution is 2.37. The average Bonchev–Trinajstić information content (AvgIpc) is 3.40. The van der Waals surface area contributed by atoms with E-state index in [0.29, 0.717) is 59.9 Å². The van der Waals surface area contributed by atoms with Gasteiger partial charge in [-0.25, -0.2) is 0 Å². The van der Waals surface area contributed by atoms with Crippen molar-refractivity contribution in [2.75, 3.05) is 39.3 Å². The molecule has 0 aliphatic carbocycles. The third-order valence-corrected chi connectivity index (χ3v) is 7.80. The second kappa shape index (κ2) is 8.18. The molecule has 10 heteroatoms. The second-order valence-corrected chi connectivity index (χ2v) is 9.59. The number of fused-ring (bicyclic) bond motifs is 1. The third-order valence-electron chi connectivity index (χ3n) is 6.56. The number of piperazine rings is 1. The highest BCUT2D eigenvalue weighted by Gasteiger charge is 2.37. The number of carbonyl (C=O) groups excluding carboxylic acids is 2. The minimum absolute atomic E-state index is 0.000944. The minimum atomic E-state index is -4.41. The van der Waals surface area contributed by atoms with Gasteiger partial charge in [0, 0.05) is 56.2 Å². The fourth-order valence-electron chi connectivity index (χ4n) is 4.53. The molecule has 5 rings (SSSR count). The molecule has 2 aliphatic rings. The van der Waals surface area contributed by atoms with Gasteiger partial charge < -0.3 is 14.8 Å². The summed E-state index contributed by atoms with van der Waals surface area (Å²) < 4.78 is 39.6. The van der Waals surface area contributed by atoms with Gasteiger partial charge in [0.25, 0.3) is 11.8 Å². The van der Waals surface area contributed by atoms with Gasteiger partial charge in [-0.2, -0.15) is 13.2 Å². The largest absolute Gasteiger partial charge is 0.416 e. The summed E-state index contributed by atoms with van der Waals surface area (Å²) >= 11 is 1.13. The van der Waals surface area contributed by atoms with Gasteiger partial charge in [-0.3, -0.25) is 14.5 Å². The van der Waals surface area contributed by atoms with Crippen LogP contribution in [-0.4, -0.2) is 76.8 Å². The van der Waals surface area contributed by atoms with Crippen LogP contribution < -0.4 is 0 Å². The van der Waals surface area contributed by atoms with Crippen molar-refractivity contribution < 1.29 is 22.8 Å². The SMILES string of the molecule is Cc1c(C(=O)N2CCN(C3CN(C(=O)c4ccc[nH]4)C3)CC2)sc2cc(C(F)(F)F)ccc12. The first-order valence-electron chi connectivity index (χ1n) is 10.8. The Balaban J connectivity index is 1.20. The number of hydrogen-bond acceptors (Lipinski definition) is 4. The molecule has 2 fully saturated rings. The van der Waals surface area contributed by atoms with Crippen LogP contribution in [0.3, 0.4) is 0 Å². The number of rotatable bonds is 3. The third kappa shape index (κ3) is 4.02. The molecule has 0 bridgehead atoms. The van der Waals surface area contributed by atoms with Crippen molar-refractivity contribution in [3.63, 3.8) is 0 Å². The van der Waals surface area contributed by atoms with Crippen molar-refractivity contribution in [2.45, 2.75) is 19.1 Å². The van der Waals surface area contributed by atoms with Crippen LogP contribution in [0.4, 0.5) is 13.2 Å². The summed E-state index contributed by atoms with van der Waals surface area (Å²) in [7, 11) is 0. The number of nitrogens with one attached hydrogen (secondary N) is 1. The molecular weight excluding hydrogens is 453 g/mol. The van der Waals surface area contributed by atoms with E-state index in [-0.39, 0.29) is 17.9 Å². The minimum Gasteiger partial charge on any atom is -0.357 e. The fourth-order valence-corrected chi connectivity index (χ4v) is 5.74. The molecule has 33 heavy (non-hydrogen) atoms. The number of H-pyrrole nitrogens is 1. The first kappa shape index (κ1) is 22.0. The molecule has 0 atom stereocenters. The fraction of sp³-hybridized carbons (Fsp3) is 0.391. The number of benzene rings is 1. The quantitative estimate of drug-likeness (QED) is 0.625. The number of aromatic amines is 1. The Hall–Kier alpha value is -2.85. The van der Waals surface area contributed by atoms with Crippen LogP contribution in [0.5, 0.6) is 0 Å². The highest BCUT2D eigenvalue weighted by atomic mass is 32.1. The number of thiophene rings is 1. The van der Waals surface area contributed by atoms with E-state index < -0.39 is 11.7 Å². The molecule has 2 amide bonds. The molecule has 1 N–H and O–H groups in total. The van der Waals surface area contributed by atoms with E-state index in [2.05, 4.69) is 9.88 Å². The van der Waals surface area contributed by atoms with Crippen molar-refractivity contribution in [1.29, 1.82) is 0 Å². The summed E-state index contributed by atoms with van der Waals surface area (Å²) in [6, 6.07) is 7.49. The van der Waals surface area contributed by atoms with Crippen LogP contribution in [0.15, 0.2) is 36.5 Å². The van der Waals surface area contributed by atoms with E-state index in [1.165, 1.54) is 6.07 Å². The highest BCUT2D eigenvalue weighted by molar-refractivity contribution is 7.21. The number of alkyl halides is 3. The molecule has 0 unspecified atom stereocenters. The molecule has 2 aliphatic heterocycles. The molecule has 3 aromatic rings. The standard InChI is InChI=1S/C23H23F3N4O2S/c1-14-17-5-4-15(23(24,25)26)11-19(17)33-20(14)22(32)29-9-7-28(8-10-29)16-12-30(13-16)21(31)18-3-2-6-27-18/h2-6,11,16,27H,7-10,12-13H2,1H3. The topological polar surface area (TPSA) is 59.7 Å². The molecule has 2 saturated heterocycles. The Kier molecular flexibility index (Phi) is 5.44. The Bertz CT molecular complexity index is 1190. The summed E-state index contributed by atoms with van der Waals surface area (Å²) in [5.74, 6) is -0.127. The Morgan fingerprint density at radius 1 is 1.03 bits per heavy atom. The van der Waals surface area contributed by atoms with E-state index in [1.807, 2.05) is 4.90 Å². The summed E-state index contributed by atoms with van der Waals surface area (Å²) in [4.78, 5) is 34.8. The lowest BCUT2D eigenvalue weighted by Crippen LogP contribution is -2.64. The number of halogens is 3. The van der Waals surface area contributed by atoms with Crippen molar-refractivity contribution in [3.8, 4) is 0 Å². The van der Waals surface area contributed by atoms with Gasteiger partial charge in [-0.15, -0.1) is 11.3 Å². The van der Waals surface area contributed by atoms with E-state index in [9.17, 15) is 22.8 Å². The van der Waals surface area contributed by atoms with E-state index in [0.717, 1.165) is 29.0 Å². The van der Waals surface area contributed by atoms with Gasteiger partial charge in [0.1, 0.15) is 5.69 Å². The van der Waals surface area contributed by atoms with Crippen LogP contribution in [0, 0.1) is 6.92 Å². The first-order chi connectivity index (χ1) is 15.7. The Morgan fingerprint density at radius 3 is 2.39 bits per heavy atom. The average molecular weight is 477 g/mol. The molecule has 174 valence electrons. The van der Waals surface area contributed by atoms with Gasteiger partial charge in [0.2, 0.25) is 0 Å². The molecule has 0 saturated carbocycles. The molecule has 1 aromatic carbocycles. The lowest BCUT2D eigenvalue weighted by molar-refractivity contribution is -0.137. The van der Waals surface area contributed by atoms with Gasteiger partial charge in [0.15, 0.2) is 0 Å². The lowest BCUT2D eigenvalue weighted by atomic mass is 10.0. The predicted molar refractivity (Wildman–Crippen MR) is 120 cm³/mol. The van der Waals surface area contributed by atoms with E-state index in [4.69, 9.17) is 0 Å². The Morgan fingerprint density at radius 2 is 1.76 bits per heavy atom. The Labute approximate surface area is 192 Å². The van der Waals surface area contributed by atoms with Crippen molar-refractivity contribution in [3.05, 3.63) is 58.2 Å². The zero-order chi connectivity index (χ0) is 23.3. The van der Waals surface area contributed by atoms with Crippen molar-refractivity contribution >= 4 is 33.2 Å². The second-order valence-electron chi connectivity index (χ2n) is 8.54. The van der Waals surface area contributed by atoms with Crippen molar-refractivity contribution in [2.24, 2.45) is 0 Å². The normalized spacial score (nSPS) is 18.1. The zero-order valence-electron chi connectivity index (χ0n) is 18.0. The number of amides is 2. The number of aromatic nitrogens is 1. The summed E-state index contributed by atoms with van der Waals surface area (Å²) in [5.41, 5.74) is 0.617. The van der Waals surface area contributed by atoms with Crippen LogP contribution in [0.25, 0.3) is 10.1 Å². The summed E-state index contributed by atoms with van der Waals surface area (Å²) in [6.07, 6.45) is -2.68. The molecule has 2 aromatic heterocycles. The van der Waals surface area contributed by atoms with Gasteiger partial charge in [0.05, 0.1) is 10.4 Å². The number of aryl methyl sites for hydroxylation is 1. The van der Waals surface area contributed by atoms with Crippen LogP contribution >= 0.6 is 11.3 Å². The van der Waals surface area contributed by atoms with Crippen LogP contribution in [-0.2, 0) is 6.18 Å². The van der Waals surface area contributed by atoms with E-state index in [1.54, 1.807) is 30.2 Å². The molecule has 4 heterocycles. The number of hydrogen-bond donors (Lipinski definition) is 1. The summed E-state index contributed by atoms with van der Waals surface area (Å²) in [5, 5.41) is 0.691. The van der Waals surface area contributed by atoms with Gasteiger partial charge >= 0.3 is 6.18 Å². The molecule has 6 nitrogen and oxygen atoms in total. The monoisotopic (exact) mass is 476 g/mol. The number of likely N-dealkylation sites (tertiary alicyclic amines) is 1. The summed E-state index contributed by atoms with van der Waals surface area (Å²) in [6.45, 7) is 5.67. The lowest BCUT2D eigenvalue weighted by Gasteiger charge is -2.48. The number of carbonyl (C=O) groups is 2. The first-order valence-corrected chi connectivity index (χ1v) is 11.6. The van der Waals surface area contributed by atoms with E-state index >= 15 is 0 Å². The van der Waals surface area contributed by atoms with Gasteiger partial charge in [-0.1, -0.05) is 6.07 Å². The predicted octanol–water partition coefficient (Wildman–Crippen LogP) is 3.84. The zero-order valence-corrected chi connectivity index (χ0v) is 18.8. The number of nitrogens with zero attached hydrogens (tertiary/aromatic N) is 3. The molecular formula is C23H23F3N4O2S. The smallest absolute Gasteiger partial charge is 0.357 e. The van der Waals surface area contributed by atoms with Gasteiger partial charge in [-0.05, 0) is 42.1 Å². The van der Waals surface area contributed by atoms with Crippen LogP contribution in [0.1, 0.15) is 31.3 Å².